The van der Waals surface area contributed by atoms with Crippen molar-refractivity contribution in [2.24, 2.45) is 0 Å². The number of cyclic esters (lactones) is 1. The van der Waals surface area contributed by atoms with Gasteiger partial charge >= 0.3 is 12.1 Å². The van der Waals surface area contributed by atoms with Gasteiger partial charge in [0.05, 0.1) is 35.1 Å². The summed E-state index contributed by atoms with van der Waals surface area (Å²) < 4.78 is 12.4. The van der Waals surface area contributed by atoms with Crippen LogP contribution in [0.5, 0.6) is 5.75 Å². The lowest BCUT2D eigenvalue weighted by Crippen LogP contribution is -2.61. The molecule has 1 aromatic carbocycles. The minimum Gasteiger partial charge on any atom is -0.458 e. The Kier molecular flexibility index (Phi) is 5.95. The first-order valence-electron chi connectivity index (χ1n) is 13.4. The largest absolute Gasteiger partial charge is 0.458 e. The molecule has 3 aliphatic rings. The van der Waals surface area contributed by atoms with Crippen LogP contribution >= 0.6 is 0 Å². The van der Waals surface area contributed by atoms with Gasteiger partial charge in [0.15, 0.2) is 5.60 Å². The van der Waals surface area contributed by atoms with E-state index in [9.17, 15) is 24.3 Å². The number of carbonyl (C=O) groups is 3. The van der Waals surface area contributed by atoms with Crippen molar-refractivity contribution in [3.05, 3.63) is 56.9 Å². The lowest BCUT2D eigenvalue weighted by molar-refractivity contribution is -0.172. The number of pyridine rings is 2. The molecule has 2 aromatic heterocycles. The predicted molar refractivity (Wildman–Crippen MR) is 144 cm³/mol. The number of aryl methyl sites for hydroxylation is 1. The van der Waals surface area contributed by atoms with E-state index in [1.807, 2.05) is 6.92 Å². The zero-order chi connectivity index (χ0) is 28.5. The number of hydrogen-bond donors (Lipinski definition) is 1. The first-order valence-corrected chi connectivity index (χ1v) is 13.4. The third kappa shape index (κ3) is 3.71. The van der Waals surface area contributed by atoms with Crippen molar-refractivity contribution < 1.29 is 29.0 Å². The van der Waals surface area contributed by atoms with E-state index in [2.05, 4.69) is 0 Å². The van der Waals surface area contributed by atoms with Gasteiger partial charge in [0.2, 0.25) is 5.91 Å². The van der Waals surface area contributed by atoms with Gasteiger partial charge in [0.1, 0.15) is 12.4 Å². The Bertz CT molecular complexity index is 1670. The Morgan fingerprint density at radius 1 is 1.20 bits per heavy atom. The fourth-order valence-electron chi connectivity index (χ4n) is 5.89. The van der Waals surface area contributed by atoms with Crippen LogP contribution < -0.4 is 10.3 Å². The van der Waals surface area contributed by atoms with E-state index in [1.54, 1.807) is 47.7 Å². The third-order valence-electron chi connectivity index (χ3n) is 8.48. The Morgan fingerprint density at radius 3 is 2.62 bits per heavy atom. The van der Waals surface area contributed by atoms with Crippen LogP contribution in [0.4, 0.5) is 4.79 Å². The van der Waals surface area contributed by atoms with Gasteiger partial charge in [-0.25, -0.2) is 14.6 Å². The number of likely N-dealkylation sites (N-methyl/N-ethyl adjacent to an activating group) is 1. The van der Waals surface area contributed by atoms with Crippen molar-refractivity contribution in [3.63, 3.8) is 0 Å². The van der Waals surface area contributed by atoms with Crippen LogP contribution in [-0.4, -0.2) is 68.6 Å². The standard InChI is InChI=1S/C29H30N4O7/c1-5-18-19-9-17(40-28(37)31(4)16-11-32(12-16)15(3)34)7-8-23(19)30-25-20(18)13-33-24(25)10-22-21(26(33)35)14-39-27(36)29(22,38)6-2/h7-10,16,38H,5-6,11-14H2,1-4H3/t29-/m0/s1. The predicted octanol–water partition coefficient (Wildman–Crippen LogP) is 2.30. The fraction of sp³-hybridized carbons (Fsp3) is 0.414. The Morgan fingerprint density at radius 2 is 1.95 bits per heavy atom. The maximum Gasteiger partial charge on any atom is 0.415 e. The average molecular weight is 547 g/mol. The molecule has 3 aromatic rings. The van der Waals surface area contributed by atoms with E-state index in [1.165, 1.54) is 11.8 Å². The van der Waals surface area contributed by atoms with E-state index in [-0.39, 0.29) is 41.7 Å². The number of benzene rings is 1. The van der Waals surface area contributed by atoms with E-state index in [4.69, 9.17) is 14.5 Å². The molecule has 40 heavy (non-hydrogen) atoms. The molecule has 1 N–H and O–H groups in total. The second-order valence-electron chi connectivity index (χ2n) is 10.6. The van der Waals surface area contributed by atoms with Crippen LogP contribution in [-0.2, 0) is 39.5 Å². The molecule has 3 aliphatic heterocycles. The summed E-state index contributed by atoms with van der Waals surface area (Å²) in [6, 6.07) is 6.84. The number of ether oxygens (including phenoxy) is 2. The summed E-state index contributed by atoms with van der Waals surface area (Å²) in [4.78, 5) is 58.3. The van der Waals surface area contributed by atoms with Gasteiger partial charge in [-0.05, 0) is 42.7 Å². The van der Waals surface area contributed by atoms with E-state index in [0.717, 1.165) is 16.5 Å². The second-order valence-corrected chi connectivity index (χ2v) is 10.6. The number of rotatable bonds is 4. The van der Waals surface area contributed by atoms with Gasteiger partial charge in [-0.15, -0.1) is 0 Å². The molecule has 0 bridgehead atoms. The molecule has 6 rings (SSSR count). The van der Waals surface area contributed by atoms with Crippen LogP contribution in [0.1, 0.15) is 49.4 Å². The van der Waals surface area contributed by atoms with Crippen molar-refractivity contribution >= 4 is 28.9 Å². The zero-order valence-corrected chi connectivity index (χ0v) is 22.8. The summed E-state index contributed by atoms with van der Waals surface area (Å²) in [7, 11) is 1.66. The topological polar surface area (TPSA) is 131 Å². The van der Waals surface area contributed by atoms with Gasteiger partial charge in [-0.3, -0.25) is 9.59 Å². The highest BCUT2D eigenvalue weighted by atomic mass is 16.6. The second kappa shape index (κ2) is 9.16. The lowest BCUT2D eigenvalue weighted by Gasteiger charge is -2.42. The minimum absolute atomic E-state index is 0.0212. The van der Waals surface area contributed by atoms with E-state index in [0.29, 0.717) is 48.7 Å². The molecule has 2 amide bonds. The van der Waals surface area contributed by atoms with Crippen LogP contribution in [0.3, 0.4) is 0 Å². The summed E-state index contributed by atoms with van der Waals surface area (Å²) in [5.41, 5.74) is 2.06. The number of aliphatic hydroxyl groups is 1. The highest BCUT2D eigenvalue weighted by molar-refractivity contribution is 5.90. The van der Waals surface area contributed by atoms with Crippen LogP contribution in [0.15, 0.2) is 29.1 Å². The molecule has 0 radical (unpaired) electrons. The SMILES string of the molecule is CCc1c2c(nc3ccc(OC(=O)N(C)C4CN(C(C)=O)C4)cc13)-c1cc3c(c(=O)n1C2)COC(=O)[C@]3(O)CC. The minimum atomic E-state index is -1.88. The number of nitrogens with zero attached hydrogens (tertiary/aromatic N) is 4. The summed E-state index contributed by atoms with van der Waals surface area (Å²) in [6.07, 6.45) is 0.209. The Labute approximate surface area is 229 Å². The zero-order valence-electron chi connectivity index (χ0n) is 22.8. The molecule has 0 aliphatic carbocycles. The van der Waals surface area contributed by atoms with Gasteiger partial charge in [-0.2, -0.15) is 0 Å². The van der Waals surface area contributed by atoms with Crippen LogP contribution in [0.2, 0.25) is 0 Å². The number of fused-ring (bicyclic) bond motifs is 5. The molecule has 11 nitrogen and oxygen atoms in total. The summed E-state index contributed by atoms with van der Waals surface area (Å²) in [5, 5.41) is 11.9. The Hall–Kier alpha value is -4.25. The molecular formula is C29H30N4O7. The van der Waals surface area contributed by atoms with E-state index >= 15 is 0 Å². The van der Waals surface area contributed by atoms with Gasteiger partial charge in [-0.1, -0.05) is 13.8 Å². The summed E-state index contributed by atoms with van der Waals surface area (Å²) in [5.74, 6) is -0.408. The molecule has 1 atom stereocenters. The Balaban J connectivity index is 1.36. The smallest absolute Gasteiger partial charge is 0.415 e. The molecule has 208 valence electrons. The maximum absolute atomic E-state index is 13.5. The van der Waals surface area contributed by atoms with Crippen molar-refractivity contribution in [1.29, 1.82) is 0 Å². The fourth-order valence-corrected chi connectivity index (χ4v) is 5.89. The quantitative estimate of drug-likeness (QED) is 0.386. The highest BCUT2D eigenvalue weighted by Gasteiger charge is 2.45. The molecule has 5 heterocycles. The third-order valence-corrected chi connectivity index (χ3v) is 8.48. The number of esters is 1. The summed E-state index contributed by atoms with van der Waals surface area (Å²) in [6.45, 7) is 6.26. The monoisotopic (exact) mass is 546 g/mol. The normalized spacial score (nSPS) is 19.4. The lowest BCUT2D eigenvalue weighted by atomic mass is 9.86. The first-order chi connectivity index (χ1) is 19.1. The van der Waals surface area contributed by atoms with Gasteiger partial charge in [0.25, 0.3) is 5.56 Å². The highest BCUT2D eigenvalue weighted by Crippen LogP contribution is 2.40. The van der Waals surface area contributed by atoms with Crippen LogP contribution in [0, 0.1) is 0 Å². The van der Waals surface area contributed by atoms with Gasteiger partial charge < -0.3 is 28.9 Å². The number of hydrogen-bond acceptors (Lipinski definition) is 8. The number of aromatic nitrogens is 2. The van der Waals surface area contributed by atoms with Crippen molar-refractivity contribution in [2.45, 2.75) is 58.4 Å². The van der Waals surface area contributed by atoms with Crippen molar-refractivity contribution in [2.75, 3.05) is 20.1 Å². The molecular weight excluding hydrogens is 516 g/mol. The molecule has 11 heteroatoms. The number of amides is 2. The van der Waals surface area contributed by atoms with E-state index < -0.39 is 17.7 Å². The van der Waals surface area contributed by atoms with Gasteiger partial charge in [0, 0.05) is 43.6 Å². The van der Waals surface area contributed by atoms with Crippen molar-refractivity contribution in [1.82, 2.24) is 19.4 Å². The van der Waals surface area contributed by atoms with Crippen molar-refractivity contribution in [3.8, 4) is 17.1 Å². The molecule has 0 spiro atoms. The maximum atomic E-state index is 13.5. The average Bonchev–Trinajstić information content (AvgIpc) is 3.27. The first kappa shape index (κ1) is 26.0. The van der Waals surface area contributed by atoms with Crippen LogP contribution in [0.25, 0.3) is 22.3 Å². The molecule has 0 saturated carbocycles. The number of carbonyl (C=O) groups excluding carboxylic acids is 3. The molecule has 0 unspecified atom stereocenters. The molecule has 1 fully saturated rings. The number of likely N-dealkylation sites (tertiary alicyclic amines) is 1. The summed E-state index contributed by atoms with van der Waals surface area (Å²) >= 11 is 0. The molecule has 1 saturated heterocycles.